The first kappa shape index (κ1) is 29.2. The molecule has 0 saturated heterocycles. The number of aromatic amines is 2. The number of fused-ring (bicyclic) bond motifs is 8. The van der Waals surface area contributed by atoms with Gasteiger partial charge >= 0.3 is 0 Å². The number of rotatable bonds is 4. The van der Waals surface area contributed by atoms with Crippen molar-refractivity contribution in [2.45, 2.75) is 0 Å². The van der Waals surface area contributed by atoms with Crippen molar-refractivity contribution in [2.24, 2.45) is 0 Å². The Hall–Kier alpha value is -6.92. The average Bonchev–Trinajstić information content (AvgIpc) is 3.97. The molecule has 0 atom stereocenters. The zero-order valence-electron chi connectivity index (χ0n) is 26.8. The van der Waals surface area contributed by atoms with E-state index in [4.69, 9.17) is 9.97 Å². The minimum absolute atomic E-state index is 0.181. The van der Waals surface area contributed by atoms with Crippen LogP contribution in [0.15, 0.2) is 133 Å². The van der Waals surface area contributed by atoms with Gasteiger partial charge in [-0.15, -0.1) is 0 Å². The minimum atomic E-state index is 0.181. The molecule has 0 radical (unpaired) electrons. The molecule has 4 aromatic carbocycles. The zero-order chi connectivity index (χ0) is 33.6. The third-order valence-electron chi connectivity index (χ3n) is 9.15. The maximum absolute atomic E-state index is 10.6. The van der Waals surface area contributed by atoms with E-state index in [0.717, 1.165) is 89.4 Å². The van der Waals surface area contributed by atoms with E-state index in [0.29, 0.717) is 0 Å². The summed E-state index contributed by atoms with van der Waals surface area (Å²) in [6.45, 7) is 0. The molecule has 3 aromatic heterocycles. The first-order valence-electron chi connectivity index (χ1n) is 16.4. The monoisotopic (exact) mass is 646 g/mol. The molecule has 2 aliphatic rings. The summed E-state index contributed by atoms with van der Waals surface area (Å²) in [5.41, 5.74) is 14.0. The van der Waals surface area contributed by atoms with Crippen LogP contribution in [0, 0.1) is 0 Å². The number of nitrogens with one attached hydrogen (secondary N) is 2. The Kier molecular flexibility index (Phi) is 6.99. The fourth-order valence-corrected chi connectivity index (χ4v) is 6.95. The number of aromatic nitrogens is 4. The quantitative estimate of drug-likeness (QED) is 0.153. The maximum Gasteiger partial charge on any atom is 0.116 e. The first-order chi connectivity index (χ1) is 24.6. The predicted octanol–water partition coefficient (Wildman–Crippen LogP) is 10.7. The standard InChI is InChI=1S/C44H30N4O2/c49-31-15-7-13-29(25-31)43-37-21-17-33(45-37)41(27-9-3-1-4-10-27)34-18-22-38(46-34)44(30-14-8-16-32(50)26-30)40-24-20-36(48-40)42(28-11-5-2-6-12-28)35-19-23-39(43)47-35/h1-26,45,48-50H. The number of H-pyrrole nitrogens is 2. The van der Waals surface area contributed by atoms with Gasteiger partial charge in [-0.1, -0.05) is 84.9 Å². The molecule has 0 saturated carbocycles. The van der Waals surface area contributed by atoms with E-state index < -0.39 is 0 Å². The summed E-state index contributed by atoms with van der Waals surface area (Å²) in [5.74, 6) is 0.361. The van der Waals surface area contributed by atoms with Crippen LogP contribution >= 0.6 is 0 Å². The number of nitrogens with zero attached hydrogens (tertiary/aromatic N) is 2. The average molecular weight is 647 g/mol. The van der Waals surface area contributed by atoms with Crippen molar-refractivity contribution in [2.75, 3.05) is 0 Å². The number of aromatic hydroxyl groups is 2. The highest BCUT2D eigenvalue weighted by atomic mass is 16.3. The van der Waals surface area contributed by atoms with Crippen LogP contribution in [0.5, 0.6) is 11.5 Å². The summed E-state index contributed by atoms with van der Waals surface area (Å²) in [4.78, 5) is 18.0. The lowest BCUT2D eigenvalue weighted by Crippen LogP contribution is -1.89. The molecular weight excluding hydrogens is 617 g/mol. The molecule has 6 nitrogen and oxygen atoms in total. The molecule has 6 heteroatoms. The third-order valence-corrected chi connectivity index (χ3v) is 9.15. The maximum atomic E-state index is 10.6. The van der Waals surface area contributed by atoms with E-state index >= 15 is 0 Å². The van der Waals surface area contributed by atoms with Crippen molar-refractivity contribution in [1.29, 1.82) is 0 Å². The van der Waals surface area contributed by atoms with Crippen molar-refractivity contribution in [1.82, 2.24) is 19.9 Å². The lowest BCUT2D eigenvalue weighted by Gasteiger charge is -2.07. The molecule has 9 rings (SSSR count). The number of hydrogen-bond donors (Lipinski definition) is 4. The van der Waals surface area contributed by atoms with E-state index in [1.807, 2.05) is 72.8 Å². The number of benzene rings is 4. The summed E-state index contributed by atoms with van der Waals surface area (Å²) in [7, 11) is 0. The molecule has 5 heterocycles. The van der Waals surface area contributed by atoms with Crippen LogP contribution in [0.2, 0.25) is 0 Å². The minimum Gasteiger partial charge on any atom is -0.508 e. The summed E-state index contributed by atoms with van der Waals surface area (Å²) in [5, 5.41) is 21.1. The van der Waals surface area contributed by atoms with Gasteiger partial charge in [0.05, 0.1) is 22.8 Å². The molecular formula is C44H30N4O2. The molecule has 0 fully saturated rings. The molecule has 0 spiro atoms. The largest absolute Gasteiger partial charge is 0.508 e. The second kappa shape index (κ2) is 12.0. The Bertz CT molecular complexity index is 2480. The predicted molar refractivity (Wildman–Crippen MR) is 204 cm³/mol. The van der Waals surface area contributed by atoms with Crippen molar-refractivity contribution >= 4 is 46.4 Å². The van der Waals surface area contributed by atoms with E-state index in [1.165, 1.54) is 0 Å². The van der Waals surface area contributed by atoms with Crippen molar-refractivity contribution in [3.05, 3.63) is 156 Å². The highest BCUT2D eigenvalue weighted by Gasteiger charge is 2.19. The molecule has 7 aromatic rings. The van der Waals surface area contributed by atoms with Crippen LogP contribution in [-0.4, -0.2) is 30.1 Å². The Morgan fingerprint density at radius 1 is 0.340 bits per heavy atom. The van der Waals surface area contributed by atoms with Gasteiger partial charge in [0.25, 0.3) is 0 Å². The molecule has 0 amide bonds. The molecule has 0 unspecified atom stereocenters. The summed E-state index contributed by atoms with van der Waals surface area (Å²) < 4.78 is 0. The van der Waals surface area contributed by atoms with Crippen LogP contribution in [0.25, 0.3) is 90.9 Å². The van der Waals surface area contributed by atoms with Gasteiger partial charge in [0.1, 0.15) is 11.5 Å². The second-order valence-corrected chi connectivity index (χ2v) is 12.3. The van der Waals surface area contributed by atoms with Crippen LogP contribution in [-0.2, 0) is 0 Å². The SMILES string of the molecule is Oc1cccc(-c2c3nc(c(-c4ccccc4)c4ccc([nH]4)c(-c4cccc(O)c4)c4nc(c(-c5ccccc5)c5ccc2[nH]5)C=C4)C=C3)c1. The van der Waals surface area contributed by atoms with Crippen LogP contribution in [0.4, 0.5) is 0 Å². The number of phenols is 2. The van der Waals surface area contributed by atoms with E-state index in [9.17, 15) is 10.2 Å². The third kappa shape index (κ3) is 5.16. The molecule has 8 bridgehead atoms. The van der Waals surface area contributed by atoms with E-state index in [2.05, 4.69) is 70.7 Å². The van der Waals surface area contributed by atoms with Crippen LogP contribution in [0.1, 0.15) is 22.8 Å². The normalized spacial score (nSPS) is 12.0. The lowest BCUT2D eigenvalue weighted by molar-refractivity contribution is 0.475. The Morgan fingerprint density at radius 3 is 1.00 bits per heavy atom. The Morgan fingerprint density at radius 2 is 0.660 bits per heavy atom. The molecule has 4 N–H and O–H groups in total. The van der Waals surface area contributed by atoms with Gasteiger partial charge in [-0.25, -0.2) is 9.97 Å². The topological polar surface area (TPSA) is 97.8 Å². The number of hydrogen-bond acceptors (Lipinski definition) is 4. The molecule has 50 heavy (non-hydrogen) atoms. The van der Waals surface area contributed by atoms with Gasteiger partial charge in [-0.3, -0.25) is 0 Å². The zero-order valence-corrected chi connectivity index (χ0v) is 26.8. The first-order valence-corrected chi connectivity index (χ1v) is 16.4. The summed E-state index contributed by atoms with van der Waals surface area (Å²) >= 11 is 0. The van der Waals surface area contributed by atoms with Gasteiger partial charge in [0.15, 0.2) is 0 Å². The smallest absolute Gasteiger partial charge is 0.116 e. The van der Waals surface area contributed by atoms with Gasteiger partial charge in [-0.05, 0) is 95.1 Å². The molecule has 0 aliphatic carbocycles. The van der Waals surface area contributed by atoms with Crippen molar-refractivity contribution in [3.8, 4) is 56.0 Å². The van der Waals surface area contributed by atoms with E-state index in [-0.39, 0.29) is 11.5 Å². The van der Waals surface area contributed by atoms with E-state index in [1.54, 1.807) is 24.3 Å². The Balaban J connectivity index is 1.49. The van der Waals surface area contributed by atoms with Gasteiger partial charge in [-0.2, -0.15) is 0 Å². The highest BCUT2D eigenvalue weighted by Crippen LogP contribution is 2.39. The fraction of sp³-hybridized carbons (Fsp3) is 0. The Labute approximate surface area is 288 Å². The molecule has 2 aliphatic heterocycles. The highest BCUT2D eigenvalue weighted by molar-refractivity contribution is 5.99. The van der Waals surface area contributed by atoms with Gasteiger partial charge in [0, 0.05) is 44.3 Å². The number of phenolic OH excluding ortho intramolecular Hbond substituents is 2. The summed E-state index contributed by atoms with van der Waals surface area (Å²) in [6.07, 6.45) is 8.18. The van der Waals surface area contributed by atoms with Crippen LogP contribution in [0.3, 0.4) is 0 Å². The summed E-state index contributed by atoms with van der Waals surface area (Å²) in [6, 6.07) is 43.4. The van der Waals surface area contributed by atoms with Gasteiger partial charge < -0.3 is 20.2 Å². The van der Waals surface area contributed by atoms with Crippen LogP contribution < -0.4 is 0 Å². The fourth-order valence-electron chi connectivity index (χ4n) is 6.95. The lowest BCUT2D eigenvalue weighted by atomic mass is 10.0. The van der Waals surface area contributed by atoms with Crippen molar-refractivity contribution in [3.63, 3.8) is 0 Å². The second-order valence-electron chi connectivity index (χ2n) is 12.3. The van der Waals surface area contributed by atoms with Crippen molar-refractivity contribution < 1.29 is 10.2 Å². The molecule has 238 valence electrons. The van der Waals surface area contributed by atoms with Gasteiger partial charge in [0.2, 0.25) is 0 Å².